The van der Waals surface area contributed by atoms with Gasteiger partial charge in [-0.2, -0.15) is 0 Å². The molecule has 0 aliphatic heterocycles. The van der Waals surface area contributed by atoms with Crippen molar-refractivity contribution >= 4 is 5.91 Å². The van der Waals surface area contributed by atoms with Crippen molar-refractivity contribution in [3.8, 4) is 0 Å². The van der Waals surface area contributed by atoms with Gasteiger partial charge in [0.15, 0.2) is 0 Å². The molecule has 1 saturated carbocycles. The maximum absolute atomic E-state index is 12.0. The molecule has 1 aromatic carbocycles. The minimum Gasteiger partial charge on any atom is -0.355 e. The highest BCUT2D eigenvalue weighted by Gasteiger charge is 2.41. The molecule has 0 heterocycles. The number of hydrogen-bond acceptors (Lipinski definition) is 2. The fraction of sp³-hybridized carbons (Fsp3) is 0.562. The minimum atomic E-state index is 0.134. The third-order valence-corrected chi connectivity index (χ3v) is 4.02. The smallest absolute Gasteiger partial charge is 0.224 e. The monoisotopic (exact) mass is 260 g/mol. The fourth-order valence-electron chi connectivity index (χ4n) is 2.53. The number of amides is 1. The van der Waals surface area contributed by atoms with Crippen molar-refractivity contribution in [1.29, 1.82) is 0 Å². The summed E-state index contributed by atoms with van der Waals surface area (Å²) in [7, 11) is 1.97. The number of benzene rings is 1. The molecule has 1 amide bonds. The Hall–Kier alpha value is -1.35. The summed E-state index contributed by atoms with van der Waals surface area (Å²) in [5, 5.41) is 6.29. The van der Waals surface area contributed by atoms with Gasteiger partial charge in [0.1, 0.15) is 0 Å². The van der Waals surface area contributed by atoms with Crippen LogP contribution in [0.4, 0.5) is 0 Å². The van der Waals surface area contributed by atoms with Gasteiger partial charge in [0, 0.05) is 18.5 Å². The van der Waals surface area contributed by atoms with Crippen LogP contribution < -0.4 is 10.6 Å². The molecule has 104 valence electrons. The Morgan fingerprint density at radius 3 is 2.58 bits per heavy atom. The van der Waals surface area contributed by atoms with E-state index in [4.69, 9.17) is 0 Å². The molecular weight excluding hydrogens is 236 g/mol. The largest absolute Gasteiger partial charge is 0.355 e. The zero-order chi connectivity index (χ0) is 13.9. The summed E-state index contributed by atoms with van der Waals surface area (Å²) >= 11 is 0. The van der Waals surface area contributed by atoms with Crippen LogP contribution in [0.25, 0.3) is 0 Å². The molecule has 1 aliphatic carbocycles. The third kappa shape index (κ3) is 3.80. The van der Waals surface area contributed by atoms with E-state index < -0.39 is 0 Å². The van der Waals surface area contributed by atoms with Gasteiger partial charge in [-0.05, 0) is 44.9 Å². The van der Waals surface area contributed by atoms with Crippen molar-refractivity contribution in [2.75, 3.05) is 20.1 Å². The van der Waals surface area contributed by atoms with E-state index in [9.17, 15) is 4.79 Å². The van der Waals surface area contributed by atoms with E-state index >= 15 is 0 Å². The summed E-state index contributed by atoms with van der Waals surface area (Å²) in [5.41, 5.74) is 3.90. The van der Waals surface area contributed by atoms with Crippen LogP contribution in [0.2, 0.25) is 0 Å². The number of carbonyl (C=O) groups is 1. The van der Waals surface area contributed by atoms with Crippen LogP contribution in [-0.4, -0.2) is 26.0 Å². The van der Waals surface area contributed by atoms with E-state index in [2.05, 4.69) is 42.7 Å². The van der Waals surface area contributed by atoms with Gasteiger partial charge >= 0.3 is 0 Å². The Labute approximate surface area is 115 Å². The number of aryl methyl sites for hydroxylation is 2. The highest BCUT2D eigenvalue weighted by atomic mass is 16.1. The summed E-state index contributed by atoms with van der Waals surface area (Å²) in [4.78, 5) is 12.0. The van der Waals surface area contributed by atoms with Crippen molar-refractivity contribution in [3.63, 3.8) is 0 Å². The highest BCUT2D eigenvalue weighted by Crippen LogP contribution is 2.44. The Morgan fingerprint density at radius 1 is 1.26 bits per heavy atom. The van der Waals surface area contributed by atoms with E-state index in [0.29, 0.717) is 11.8 Å². The number of rotatable bonds is 6. The zero-order valence-electron chi connectivity index (χ0n) is 12.2. The lowest BCUT2D eigenvalue weighted by atomic mass is 10.0. The molecule has 19 heavy (non-hydrogen) atoms. The van der Waals surface area contributed by atoms with Crippen molar-refractivity contribution in [2.45, 2.75) is 33.1 Å². The summed E-state index contributed by atoms with van der Waals surface area (Å²) in [6.07, 6.45) is 2.93. The summed E-state index contributed by atoms with van der Waals surface area (Å²) in [6, 6.07) is 6.26. The summed E-state index contributed by atoms with van der Waals surface area (Å²) < 4.78 is 0. The first-order valence-corrected chi connectivity index (χ1v) is 7.02. The van der Waals surface area contributed by atoms with Gasteiger partial charge in [0.05, 0.1) is 6.42 Å². The van der Waals surface area contributed by atoms with Gasteiger partial charge in [-0.15, -0.1) is 0 Å². The molecule has 1 aliphatic rings. The van der Waals surface area contributed by atoms with Crippen LogP contribution in [0.15, 0.2) is 18.2 Å². The van der Waals surface area contributed by atoms with Crippen LogP contribution in [0.5, 0.6) is 0 Å². The zero-order valence-corrected chi connectivity index (χ0v) is 12.2. The molecule has 1 aromatic rings. The molecule has 0 unspecified atom stereocenters. The van der Waals surface area contributed by atoms with E-state index in [1.165, 1.54) is 24.0 Å². The van der Waals surface area contributed by atoms with Crippen LogP contribution in [0.1, 0.15) is 29.5 Å². The van der Waals surface area contributed by atoms with Gasteiger partial charge in [0.2, 0.25) is 5.91 Å². The molecule has 0 bridgehead atoms. The minimum absolute atomic E-state index is 0.134. The third-order valence-electron chi connectivity index (χ3n) is 4.02. The van der Waals surface area contributed by atoms with Gasteiger partial charge in [-0.3, -0.25) is 4.79 Å². The number of hydrogen-bond donors (Lipinski definition) is 2. The first kappa shape index (κ1) is 14.1. The predicted molar refractivity (Wildman–Crippen MR) is 78.2 cm³/mol. The van der Waals surface area contributed by atoms with Gasteiger partial charge in [-0.25, -0.2) is 0 Å². The van der Waals surface area contributed by atoms with E-state index in [0.717, 1.165) is 18.7 Å². The van der Waals surface area contributed by atoms with Crippen molar-refractivity contribution < 1.29 is 4.79 Å². The fourth-order valence-corrected chi connectivity index (χ4v) is 2.53. The Bertz CT molecular complexity index is 464. The lowest BCUT2D eigenvalue weighted by Crippen LogP contribution is -2.35. The Morgan fingerprint density at radius 2 is 2.00 bits per heavy atom. The average molecular weight is 260 g/mol. The van der Waals surface area contributed by atoms with Crippen molar-refractivity contribution in [3.05, 3.63) is 34.9 Å². The van der Waals surface area contributed by atoms with Crippen LogP contribution in [0.3, 0.4) is 0 Å². The molecule has 3 nitrogen and oxygen atoms in total. The maximum Gasteiger partial charge on any atom is 0.224 e. The molecule has 0 aromatic heterocycles. The van der Waals surface area contributed by atoms with Crippen LogP contribution in [-0.2, 0) is 11.2 Å². The maximum atomic E-state index is 12.0. The summed E-state index contributed by atoms with van der Waals surface area (Å²) in [6.45, 7) is 5.94. The molecule has 3 heteroatoms. The van der Waals surface area contributed by atoms with Gasteiger partial charge < -0.3 is 10.6 Å². The molecule has 0 atom stereocenters. The quantitative estimate of drug-likeness (QED) is 0.821. The van der Waals surface area contributed by atoms with Crippen molar-refractivity contribution in [1.82, 2.24) is 10.6 Å². The normalized spacial score (nSPS) is 16.2. The molecule has 1 fully saturated rings. The predicted octanol–water partition coefficient (Wildman–Crippen LogP) is 1.96. The standard InChI is InChI=1S/C16H24N2O/c1-12-4-5-14(13(2)8-12)9-15(19)18-11-16(6-7-16)10-17-3/h4-5,8,17H,6-7,9-11H2,1-3H3,(H,18,19). The van der Waals surface area contributed by atoms with Crippen molar-refractivity contribution in [2.24, 2.45) is 5.41 Å². The number of carbonyl (C=O) groups excluding carboxylic acids is 1. The van der Waals surface area contributed by atoms with E-state index in [1.54, 1.807) is 0 Å². The molecule has 2 N–H and O–H groups in total. The van der Waals surface area contributed by atoms with Gasteiger partial charge in [0.25, 0.3) is 0 Å². The summed E-state index contributed by atoms with van der Waals surface area (Å²) in [5.74, 6) is 0.134. The lowest BCUT2D eigenvalue weighted by molar-refractivity contribution is -0.120. The molecule has 0 radical (unpaired) electrons. The molecule has 0 spiro atoms. The second-order valence-corrected chi connectivity index (χ2v) is 5.91. The van der Waals surface area contributed by atoms with E-state index in [1.807, 2.05) is 7.05 Å². The molecule has 0 saturated heterocycles. The first-order valence-electron chi connectivity index (χ1n) is 7.02. The Balaban J connectivity index is 1.84. The van der Waals surface area contributed by atoms with Crippen LogP contribution in [0, 0.1) is 19.3 Å². The second kappa shape index (κ2) is 5.74. The second-order valence-electron chi connectivity index (χ2n) is 5.91. The first-order chi connectivity index (χ1) is 9.04. The van der Waals surface area contributed by atoms with E-state index in [-0.39, 0.29) is 5.91 Å². The average Bonchev–Trinajstić information content (AvgIpc) is 3.11. The molecule has 2 rings (SSSR count). The lowest BCUT2D eigenvalue weighted by Gasteiger charge is -2.15. The SMILES string of the molecule is CNCC1(CNC(=O)Cc2ccc(C)cc2C)CC1. The van der Waals surface area contributed by atoms with Crippen LogP contribution >= 0.6 is 0 Å². The molecular formula is C16H24N2O. The highest BCUT2D eigenvalue weighted by molar-refractivity contribution is 5.79. The van der Waals surface area contributed by atoms with Gasteiger partial charge in [-0.1, -0.05) is 23.8 Å². The topological polar surface area (TPSA) is 41.1 Å². The Kier molecular flexibility index (Phi) is 4.25. The number of nitrogens with one attached hydrogen (secondary N) is 2.